The Balaban J connectivity index is 2.92. The van der Waals surface area contributed by atoms with Crippen LogP contribution in [0.3, 0.4) is 0 Å². The van der Waals surface area contributed by atoms with Crippen molar-refractivity contribution in [3.8, 4) is 23.8 Å². The molecule has 1 aromatic rings. The first-order chi connectivity index (χ1) is 6.59. The number of hydrogen-bond acceptors (Lipinski definition) is 2. The van der Waals surface area contributed by atoms with Gasteiger partial charge in [0, 0.05) is 0 Å². The lowest BCUT2D eigenvalue weighted by atomic mass is 10.1. The maximum absolute atomic E-state index is 5.61. The highest BCUT2D eigenvalue weighted by Crippen LogP contribution is 2.28. The number of benzene rings is 1. The van der Waals surface area contributed by atoms with Crippen molar-refractivity contribution in [2.24, 2.45) is 0 Å². The van der Waals surface area contributed by atoms with Crippen molar-refractivity contribution < 1.29 is 9.47 Å². The molecule has 1 aromatic carbocycles. The molecule has 74 valence electrons. The molecule has 2 heteroatoms. The third-order valence-corrected chi connectivity index (χ3v) is 1.78. The van der Waals surface area contributed by atoms with Crippen molar-refractivity contribution in [1.82, 2.24) is 0 Å². The molecule has 0 saturated carbocycles. The van der Waals surface area contributed by atoms with E-state index in [4.69, 9.17) is 15.9 Å². The van der Waals surface area contributed by atoms with Gasteiger partial charge in [0.2, 0.25) is 0 Å². The minimum atomic E-state index is -0.616. The number of methoxy groups -OCH3 is 1. The Bertz CT molecular complexity index is 348. The summed E-state index contributed by atoms with van der Waals surface area (Å²) in [5.74, 6) is 3.92. The Morgan fingerprint density at radius 3 is 2.29 bits per heavy atom. The number of hydrogen-bond donors (Lipinski definition) is 0. The zero-order valence-corrected chi connectivity index (χ0v) is 8.70. The average Bonchev–Trinajstić information content (AvgIpc) is 2.18. The van der Waals surface area contributed by atoms with Crippen LogP contribution in [0.4, 0.5) is 0 Å². The Morgan fingerprint density at radius 1 is 1.21 bits per heavy atom. The van der Waals surface area contributed by atoms with Crippen molar-refractivity contribution >= 4 is 0 Å². The van der Waals surface area contributed by atoms with Gasteiger partial charge in [0.05, 0.1) is 7.11 Å². The van der Waals surface area contributed by atoms with Crippen LogP contribution in [-0.4, -0.2) is 12.7 Å². The van der Waals surface area contributed by atoms with Gasteiger partial charge >= 0.3 is 0 Å². The molecule has 0 amide bonds. The largest absolute Gasteiger partial charge is 0.493 e. The molecule has 0 fully saturated rings. The molecule has 0 aliphatic heterocycles. The maximum atomic E-state index is 5.61. The van der Waals surface area contributed by atoms with Crippen LogP contribution in [0.15, 0.2) is 24.3 Å². The van der Waals surface area contributed by atoms with Gasteiger partial charge in [0.25, 0.3) is 0 Å². The number of rotatable bonds is 3. The van der Waals surface area contributed by atoms with Gasteiger partial charge in [-0.15, -0.1) is 6.42 Å². The molecule has 0 unspecified atom stereocenters. The molecular formula is C12H14O2. The SMILES string of the molecule is C#CC(C)(C)Oc1ccccc1OC. The van der Waals surface area contributed by atoms with Gasteiger partial charge in [0.15, 0.2) is 17.1 Å². The van der Waals surface area contributed by atoms with Crippen LogP contribution < -0.4 is 9.47 Å². The molecule has 2 nitrogen and oxygen atoms in total. The first kappa shape index (κ1) is 10.5. The van der Waals surface area contributed by atoms with Crippen LogP contribution in [0.25, 0.3) is 0 Å². The van der Waals surface area contributed by atoms with E-state index in [-0.39, 0.29) is 0 Å². The Kier molecular flexibility index (Phi) is 3.03. The minimum absolute atomic E-state index is 0.616. The van der Waals surface area contributed by atoms with E-state index in [1.165, 1.54) is 0 Å². The second-order valence-electron chi connectivity index (χ2n) is 3.41. The molecule has 0 spiro atoms. The van der Waals surface area contributed by atoms with Gasteiger partial charge in [-0.2, -0.15) is 0 Å². The molecule has 14 heavy (non-hydrogen) atoms. The van der Waals surface area contributed by atoms with Crippen molar-refractivity contribution in [1.29, 1.82) is 0 Å². The normalized spacial score (nSPS) is 10.4. The van der Waals surface area contributed by atoms with Crippen LogP contribution in [0.5, 0.6) is 11.5 Å². The first-order valence-electron chi connectivity index (χ1n) is 4.39. The van der Waals surface area contributed by atoms with Gasteiger partial charge in [0.1, 0.15) is 0 Å². The van der Waals surface area contributed by atoms with Crippen LogP contribution >= 0.6 is 0 Å². The van der Waals surface area contributed by atoms with E-state index in [1.807, 2.05) is 38.1 Å². The molecule has 0 atom stereocenters. The van der Waals surface area contributed by atoms with Crippen LogP contribution in [0.1, 0.15) is 13.8 Å². The molecule has 0 aliphatic rings. The second kappa shape index (κ2) is 4.06. The van der Waals surface area contributed by atoms with Crippen molar-refractivity contribution in [3.63, 3.8) is 0 Å². The fourth-order valence-corrected chi connectivity index (χ4v) is 1.01. The highest BCUT2D eigenvalue weighted by atomic mass is 16.5. The summed E-state index contributed by atoms with van der Waals surface area (Å²) in [6, 6.07) is 7.43. The molecular weight excluding hydrogens is 176 g/mol. The van der Waals surface area contributed by atoms with E-state index in [9.17, 15) is 0 Å². The number of ether oxygens (including phenoxy) is 2. The van der Waals surface area contributed by atoms with Gasteiger partial charge in [-0.25, -0.2) is 0 Å². The molecule has 0 bridgehead atoms. The topological polar surface area (TPSA) is 18.5 Å². The van der Waals surface area contributed by atoms with Crippen LogP contribution in [0, 0.1) is 12.3 Å². The summed E-state index contributed by atoms with van der Waals surface area (Å²) < 4.78 is 10.8. The Labute approximate surface area is 84.8 Å². The molecule has 1 rings (SSSR count). The van der Waals surface area contributed by atoms with Crippen molar-refractivity contribution in [3.05, 3.63) is 24.3 Å². The van der Waals surface area contributed by atoms with E-state index in [0.29, 0.717) is 11.5 Å². The van der Waals surface area contributed by atoms with Crippen molar-refractivity contribution in [2.45, 2.75) is 19.4 Å². The summed E-state index contributed by atoms with van der Waals surface area (Å²) in [5, 5.41) is 0. The van der Waals surface area contributed by atoms with Crippen molar-refractivity contribution in [2.75, 3.05) is 7.11 Å². The van der Waals surface area contributed by atoms with E-state index in [1.54, 1.807) is 7.11 Å². The summed E-state index contributed by atoms with van der Waals surface area (Å²) in [4.78, 5) is 0. The summed E-state index contributed by atoms with van der Waals surface area (Å²) in [5.41, 5.74) is -0.616. The molecule has 0 radical (unpaired) electrons. The fourth-order valence-electron chi connectivity index (χ4n) is 1.01. The highest BCUT2D eigenvalue weighted by Gasteiger charge is 2.17. The summed E-state index contributed by atoms with van der Waals surface area (Å²) in [6.45, 7) is 3.67. The summed E-state index contributed by atoms with van der Waals surface area (Å²) in [6.07, 6.45) is 5.33. The first-order valence-corrected chi connectivity index (χ1v) is 4.39. The monoisotopic (exact) mass is 190 g/mol. The smallest absolute Gasteiger partial charge is 0.163 e. The van der Waals surface area contributed by atoms with Gasteiger partial charge in [-0.05, 0) is 26.0 Å². The van der Waals surface area contributed by atoms with Gasteiger partial charge in [-0.3, -0.25) is 0 Å². The molecule has 0 aliphatic carbocycles. The number of para-hydroxylation sites is 2. The van der Waals surface area contributed by atoms with E-state index in [0.717, 1.165) is 0 Å². The lowest BCUT2D eigenvalue weighted by molar-refractivity contribution is 0.165. The highest BCUT2D eigenvalue weighted by molar-refractivity contribution is 5.40. The van der Waals surface area contributed by atoms with E-state index < -0.39 is 5.60 Å². The summed E-state index contributed by atoms with van der Waals surface area (Å²) in [7, 11) is 1.60. The standard InChI is InChI=1S/C12H14O2/c1-5-12(2,3)14-11-9-7-6-8-10(11)13-4/h1,6-9H,2-4H3. The Hall–Kier alpha value is -1.62. The number of terminal acetylenes is 1. The quantitative estimate of drug-likeness (QED) is 0.682. The third-order valence-electron chi connectivity index (χ3n) is 1.78. The van der Waals surface area contributed by atoms with Gasteiger partial charge < -0.3 is 9.47 Å². The zero-order chi connectivity index (χ0) is 10.6. The molecule has 0 N–H and O–H groups in total. The van der Waals surface area contributed by atoms with Crippen LogP contribution in [0.2, 0.25) is 0 Å². The predicted molar refractivity (Wildman–Crippen MR) is 56.5 cm³/mol. The average molecular weight is 190 g/mol. The third kappa shape index (κ3) is 2.43. The maximum Gasteiger partial charge on any atom is 0.163 e. The second-order valence-corrected chi connectivity index (χ2v) is 3.41. The molecule has 0 saturated heterocycles. The molecule has 0 aromatic heterocycles. The van der Waals surface area contributed by atoms with Gasteiger partial charge in [-0.1, -0.05) is 18.1 Å². The predicted octanol–water partition coefficient (Wildman–Crippen LogP) is 2.49. The summed E-state index contributed by atoms with van der Waals surface area (Å²) >= 11 is 0. The minimum Gasteiger partial charge on any atom is -0.493 e. The fraction of sp³-hybridized carbons (Fsp3) is 0.333. The van der Waals surface area contributed by atoms with E-state index in [2.05, 4.69) is 5.92 Å². The van der Waals surface area contributed by atoms with Crippen LogP contribution in [-0.2, 0) is 0 Å². The molecule has 0 heterocycles. The Morgan fingerprint density at radius 2 is 1.79 bits per heavy atom. The lowest BCUT2D eigenvalue weighted by Gasteiger charge is -2.21. The van der Waals surface area contributed by atoms with E-state index >= 15 is 0 Å². The zero-order valence-electron chi connectivity index (χ0n) is 8.70. The lowest BCUT2D eigenvalue weighted by Crippen LogP contribution is -2.25.